The SMILES string of the molecule is O=C(F)c1ccc(F)c(F)c1F. The first kappa shape index (κ1) is 8.70. The van der Waals surface area contributed by atoms with Gasteiger partial charge in [-0.25, -0.2) is 13.2 Å². The summed E-state index contributed by atoms with van der Waals surface area (Å²) in [6.45, 7) is 0. The van der Waals surface area contributed by atoms with Gasteiger partial charge in [-0.15, -0.1) is 0 Å². The Morgan fingerprint density at radius 1 is 1.08 bits per heavy atom. The van der Waals surface area contributed by atoms with Gasteiger partial charge in [-0.2, -0.15) is 4.39 Å². The van der Waals surface area contributed by atoms with Gasteiger partial charge in [-0.1, -0.05) is 0 Å². The van der Waals surface area contributed by atoms with Gasteiger partial charge in [0.15, 0.2) is 17.5 Å². The van der Waals surface area contributed by atoms with Crippen molar-refractivity contribution < 1.29 is 22.4 Å². The van der Waals surface area contributed by atoms with Gasteiger partial charge in [0.05, 0.1) is 5.56 Å². The number of rotatable bonds is 1. The monoisotopic (exact) mass is 178 g/mol. The molecule has 5 heteroatoms. The first-order chi connectivity index (χ1) is 5.54. The Bertz CT molecular complexity index is 334. The Hall–Kier alpha value is -1.39. The summed E-state index contributed by atoms with van der Waals surface area (Å²) >= 11 is 0. The molecule has 0 aliphatic carbocycles. The highest BCUT2D eigenvalue weighted by Gasteiger charge is 2.17. The third-order valence-corrected chi connectivity index (χ3v) is 1.25. The molecule has 1 rings (SSSR count). The predicted octanol–water partition coefficient (Wildman–Crippen LogP) is 2.21. The van der Waals surface area contributed by atoms with Gasteiger partial charge in [-0.3, -0.25) is 4.79 Å². The molecule has 0 N–H and O–H groups in total. The zero-order valence-corrected chi connectivity index (χ0v) is 5.57. The number of carbonyl (C=O) groups excluding carboxylic acids is 1. The first-order valence-corrected chi connectivity index (χ1v) is 2.87. The van der Waals surface area contributed by atoms with Crippen LogP contribution in [0, 0.1) is 17.5 Å². The van der Waals surface area contributed by atoms with E-state index in [1.54, 1.807) is 0 Å². The maximum atomic E-state index is 12.4. The molecular weight excluding hydrogens is 176 g/mol. The van der Waals surface area contributed by atoms with E-state index in [1.807, 2.05) is 0 Å². The maximum Gasteiger partial charge on any atom is 0.335 e. The molecule has 0 aromatic heterocycles. The van der Waals surface area contributed by atoms with Crippen molar-refractivity contribution in [2.24, 2.45) is 0 Å². The smallest absolute Gasteiger partial charge is 0.255 e. The van der Waals surface area contributed by atoms with Crippen LogP contribution in [0.1, 0.15) is 10.4 Å². The van der Waals surface area contributed by atoms with Crippen molar-refractivity contribution in [1.29, 1.82) is 0 Å². The molecule has 0 radical (unpaired) electrons. The Kier molecular flexibility index (Phi) is 2.12. The first-order valence-electron chi connectivity index (χ1n) is 2.87. The number of carbonyl (C=O) groups is 1. The van der Waals surface area contributed by atoms with E-state index in [0.717, 1.165) is 0 Å². The van der Waals surface area contributed by atoms with Crippen molar-refractivity contribution in [3.8, 4) is 0 Å². The second-order valence-electron chi connectivity index (χ2n) is 2.00. The topological polar surface area (TPSA) is 17.1 Å². The lowest BCUT2D eigenvalue weighted by atomic mass is 10.2. The predicted molar refractivity (Wildman–Crippen MR) is 31.8 cm³/mol. The normalized spacial score (nSPS) is 10.0. The van der Waals surface area contributed by atoms with Crippen LogP contribution in [-0.2, 0) is 0 Å². The van der Waals surface area contributed by atoms with Gasteiger partial charge >= 0.3 is 6.04 Å². The van der Waals surface area contributed by atoms with Crippen molar-refractivity contribution in [2.45, 2.75) is 0 Å². The molecule has 1 aromatic rings. The molecule has 64 valence electrons. The van der Waals surface area contributed by atoms with E-state index in [2.05, 4.69) is 0 Å². The Morgan fingerprint density at radius 2 is 1.67 bits per heavy atom. The van der Waals surface area contributed by atoms with Crippen molar-refractivity contribution in [2.75, 3.05) is 0 Å². The largest absolute Gasteiger partial charge is 0.335 e. The van der Waals surface area contributed by atoms with E-state index < -0.39 is 29.1 Å². The summed E-state index contributed by atoms with van der Waals surface area (Å²) in [6, 6.07) is -1.12. The van der Waals surface area contributed by atoms with Gasteiger partial charge in [0.1, 0.15) is 0 Å². The molecule has 0 saturated carbocycles. The van der Waals surface area contributed by atoms with E-state index >= 15 is 0 Å². The minimum absolute atomic E-state index is 0.477. The van der Waals surface area contributed by atoms with E-state index in [-0.39, 0.29) is 0 Å². The lowest BCUT2D eigenvalue weighted by Crippen LogP contribution is -2.00. The van der Waals surface area contributed by atoms with Crippen LogP contribution in [0.2, 0.25) is 0 Å². The zero-order valence-electron chi connectivity index (χ0n) is 5.57. The van der Waals surface area contributed by atoms with Gasteiger partial charge in [0.2, 0.25) is 0 Å². The third kappa shape index (κ3) is 1.30. The highest BCUT2D eigenvalue weighted by atomic mass is 19.2. The molecule has 0 aliphatic heterocycles. The molecule has 0 aliphatic rings. The summed E-state index contributed by atoms with van der Waals surface area (Å²) in [5.41, 5.74) is -1.10. The number of hydrogen-bond acceptors (Lipinski definition) is 1. The number of benzene rings is 1. The van der Waals surface area contributed by atoms with Crippen molar-refractivity contribution in [1.82, 2.24) is 0 Å². The van der Waals surface area contributed by atoms with Crippen LogP contribution < -0.4 is 0 Å². The van der Waals surface area contributed by atoms with Crippen LogP contribution in [0.15, 0.2) is 12.1 Å². The molecule has 1 nitrogen and oxygen atoms in total. The molecule has 12 heavy (non-hydrogen) atoms. The van der Waals surface area contributed by atoms with Crippen molar-refractivity contribution in [3.63, 3.8) is 0 Å². The highest BCUT2D eigenvalue weighted by Crippen LogP contribution is 2.15. The lowest BCUT2D eigenvalue weighted by molar-refractivity contribution is 0.0830. The van der Waals surface area contributed by atoms with Gasteiger partial charge in [-0.05, 0) is 12.1 Å². The lowest BCUT2D eigenvalue weighted by Gasteiger charge is -1.97. The summed E-state index contributed by atoms with van der Waals surface area (Å²) in [7, 11) is 0. The molecule has 0 heterocycles. The molecule has 0 amide bonds. The summed E-state index contributed by atoms with van der Waals surface area (Å²) < 4.78 is 48.7. The minimum Gasteiger partial charge on any atom is -0.255 e. The highest BCUT2D eigenvalue weighted by molar-refractivity contribution is 5.88. The van der Waals surface area contributed by atoms with Crippen LogP contribution in [0.3, 0.4) is 0 Å². The van der Waals surface area contributed by atoms with Crippen molar-refractivity contribution in [3.05, 3.63) is 35.1 Å². The second kappa shape index (κ2) is 2.92. The zero-order chi connectivity index (χ0) is 9.30. The molecule has 0 atom stereocenters. The van der Waals surface area contributed by atoms with Crippen molar-refractivity contribution >= 4 is 6.04 Å². The molecule has 0 unspecified atom stereocenters. The van der Waals surface area contributed by atoms with Crippen LogP contribution >= 0.6 is 0 Å². The Balaban J connectivity index is 3.36. The fourth-order valence-corrected chi connectivity index (χ4v) is 0.678. The van der Waals surface area contributed by atoms with Gasteiger partial charge < -0.3 is 0 Å². The maximum absolute atomic E-state index is 12.4. The summed E-state index contributed by atoms with van der Waals surface area (Å²) in [5, 5.41) is 0. The van der Waals surface area contributed by atoms with E-state index in [1.165, 1.54) is 0 Å². The summed E-state index contributed by atoms with van der Waals surface area (Å²) in [6.07, 6.45) is 0. The van der Waals surface area contributed by atoms with Gasteiger partial charge in [0.25, 0.3) is 0 Å². The number of halogens is 4. The Labute approximate surface area is 64.6 Å². The molecule has 0 saturated heterocycles. The molecule has 0 spiro atoms. The van der Waals surface area contributed by atoms with E-state index in [4.69, 9.17) is 0 Å². The Morgan fingerprint density at radius 3 is 2.17 bits per heavy atom. The fourth-order valence-electron chi connectivity index (χ4n) is 0.678. The quantitative estimate of drug-likeness (QED) is 0.366. The second-order valence-corrected chi connectivity index (χ2v) is 2.00. The van der Waals surface area contributed by atoms with E-state index in [0.29, 0.717) is 12.1 Å². The average Bonchev–Trinajstić information content (AvgIpc) is 2.00. The van der Waals surface area contributed by atoms with Gasteiger partial charge in [0, 0.05) is 0 Å². The standard InChI is InChI=1S/C7H2F4O/c8-4-2-1-3(7(11)12)5(9)6(4)10/h1-2H. The molecule has 1 aromatic carbocycles. The minimum atomic E-state index is -2.13. The fraction of sp³-hybridized carbons (Fsp3) is 0. The number of hydrogen-bond donors (Lipinski definition) is 0. The molecule has 0 bridgehead atoms. The van der Waals surface area contributed by atoms with E-state index in [9.17, 15) is 22.4 Å². The molecule has 0 fully saturated rings. The van der Waals surface area contributed by atoms with Crippen LogP contribution in [0.4, 0.5) is 17.6 Å². The van der Waals surface area contributed by atoms with Crippen LogP contribution in [0.5, 0.6) is 0 Å². The van der Waals surface area contributed by atoms with Crippen LogP contribution in [-0.4, -0.2) is 6.04 Å². The average molecular weight is 178 g/mol. The summed E-state index contributed by atoms with van der Waals surface area (Å²) in [4.78, 5) is 9.93. The third-order valence-electron chi connectivity index (χ3n) is 1.25. The summed E-state index contributed by atoms with van der Waals surface area (Å²) in [5.74, 6) is -5.11. The van der Waals surface area contributed by atoms with Crippen LogP contribution in [0.25, 0.3) is 0 Å². The molecular formula is C7H2F4O.